The van der Waals surface area contributed by atoms with Crippen molar-refractivity contribution in [3.8, 4) is 0 Å². The quantitative estimate of drug-likeness (QED) is 0.908. The second kappa shape index (κ2) is 4.55. The molecule has 0 radical (unpaired) electrons. The van der Waals surface area contributed by atoms with Gasteiger partial charge in [-0.1, -0.05) is 28.1 Å². The zero-order chi connectivity index (χ0) is 11.7. The molecule has 2 atom stereocenters. The molecule has 1 N–H and O–H groups in total. The zero-order valence-electron chi connectivity index (χ0n) is 8.94. The minimum absolute atomic E-state index is 0.326. The molecule has 2 rings (SSSR count). The Morgan fingerprint density at radius 1 is 1.56 bits per heavy atom. The Labute approximate surface area is 103 Å². The maximum atomic E-state index is 11.1. The lowest BCUT2D eigenvalue weighted by Gasteiger charge is -2.17. The molecule has 0 aliphatic carbocycles. The third kappa shape index (κ3) is 2.13. The predicted molar refractivity (Wildman–Crippen MR) is 63.3 cm³/mol. The summed E-state index contributed by atoms with van der Waals surface area (Å²) in [7, 11) is 0. The van der Waals surface area contributed by atoms with Crippen LogP contribution in [-0.4, -0.2) is 17.7 Å². The Bertz CT molecular complexity index is 417. The highest BCUT2D eigenvalue weighted by Gasteiger charge is 2.36. The Morgan fingerprint density at radius 2 is 2.31 bits per heavy atom. The van der Waals surface area contributed by atoms with Gasteiger partial charge in [-0.05, 0) is 30.5 Å². The Balaban J connectivity index is 2.32. The molecule has 0 aromatic heterocycles. The van der Waals surface area contributed by atoms with Crippen molar-refractivity contribution >= 4 is 21.9 Å². The van der Waals surface area contributed by atoms with E-state index < -0.39 is 11.9 Å². The molecule has 0 amide bonds. The van der Waals surface area contributed by atoms with Crippen LogP contribution in [0.15, 0.2) is 22.7 Å². The molecular weight excluding hydrogens is 272 g/mol. The fraction of sp³-hybridized carbons (Fsp3) is 0.417. The molecule has 4 heteroatoms. The van der Waals surface area contributed by atoms with Crippen LogP contribution in [0, 0.1) is 12.8 Å². The summed E-state index contributed by atoms with van der Waals surface area (Å²) >= 11 is 3.46. The van der Waals surface area contributed by atoms with E-state index in [4.69, 9.17) is 9.84 Å². The summed E-state index contributed by atoms with van der Waals surface area (Å²) in [5, 5.41) is 9.10. The lowest BCUT2D eigenvalue weighted by molar-refractivity contribution is -0.143. The van der Waals surface area contributed by atoms with Crippen molar-refractivity contribution in [3.05, 3.63) is 33.8 Å². The smallest absolute Gasteiger partial charge is 0.309 e. The van der Waals surface area contributed by atoms with Gasteiger partial charge in [0.2, 0.25) is 0 Å². The van der Waals surface area contributed by atoms with Gasteiger partial charge in [0.1, 0.15) is 0 Å². The maximum Gasteiger partial charge on any atom is 0.309 e. The predicted octanol–water partition coefficient (Wildman–Crippen LogP) is 2.92. The summed E-state index contributed by atoms with van der Waals surface area (Å²) in [6.07, 6.45) is 0.257. The highest BCUT2D eigenvalue weighted by molar-refractivity contribution is 9.10. The number of hydrogen-bond acceptors (Lipinski definition) is 2. The molecule has 1 aliphatic rings. The van der Waals surface area contributed by atoms with Crippen molar-refractivity contribution in [2.45, 2.75) is 19.4 Å². The van der Waals surface area contributed by atoms with E-state index in [0.29, 0.717) is 13.0 Å². The van der Waals surface area contributed by atoms with Gasteiger partial charge >= 0.3 is 5.97 Å². The van der Waals surface area contributed by atoms with Gasteiger partial charge < -0.3 is 9.84 Å². The van der Waals surface area contributed by atoms with Crippen LogP contribution in [-0.2, 0) is 9.53 Å². The van der Waals surface area contributed by atoms with E-state index in [1.807, 2.05) is 25.1 Å². The largest absolute Gasteiger partial charge is 0.481 e. The van der Waals surface area contributed by atoms with E-state index >= 15 is 0 Å². The molecule has 1 fully saturated rings. The van der Waals surface area contributed by atoms with Gasteiger partial charge in [-0.3, -0.25) is 4.79 Å². The number of carbonyl (C=O) groups is 1. The van der Waals surface area contributed by atoms with E-state index in [9.17, 15) is 4.79 Å². The Kier molecular flexibility index (Phi) is 3.30. The average molecular weight is 285 g/mol. The summed E-state index contributed by atoms with van der Waals surface area (Å²) < 4.78 is 6.44. The van der Waals surface area contributed by atoms with Gasteiger partial charge in [0.05, 0.1) is 12.0 Å². The fourth-order valence-corrected chi connectivity index (χ4v) is 2.73. The minimum Gasteiger partial charge on any atom is -0.481 e. The third-order valence-corrected chi connectivity index (χ3v) is 3.56. The van der Waals surface area contributed by atoms with Gasteiger partial charge in [0.15, 0.2) is 0 Å². The molecule has 1 aromatic rings. The number of carboxylic acid groups (broad SMARTS) is 1. The van der Waals surface area contributed by atoms with Crippen LogP contribution in [0.4, 0.5) is 0 Å². The lowest BCUT2D eigenvalue weighted by atomic mass is 9.95. The fourth-order valence-electron chi connectivity index (χ4n) is 2.01. The molecule has 2 unspecified atom stereocenters. The third-order valence-electron chi connectivity index (χ3n) is 2.87. The number of aryl methyl sites for hydroxylation is 1. The lowest BCUT2D eigenvalue weighted by Crippen LogP contribution is -2.17. The number of rotatable bonds is 2. The van der Waals surface area contributed by atoms with E-state index in [-0.39, 0.29) is 6.10 Å². The van der Waals surface area contributed by atoms with E-state index in [0.717, 1.165) is 15.6 Å². The molecule has 0 saturated carbocycles. The van der Waals surface area contributed by atoms with Crippen molar-refractivity contribution in [1.82, 2.24) is 0 Å². The van der Waals surface area contributed by atoms with Crippen LogP contribution in [0.2, 0.25) is 0 Å². The number of hydrogen-bond donors (Lipinski definition) is 1. The van der Waals surface area contributed by atoms with Crippen LogP contribution in [0.3, 0.4) is 0 Å². The van der Waals surface area contributed by atoms with Crippen LogP contribution in [0.25, 0.3) is 0 Å². The zero-order valence-corrected chi connectivity index (χ0v) is 10.5. The van der Waals surface area contributed by atoms with Crippen LogP contribution in [0.5, 0.6) is 0 Å². The molecule has 86 valence electrons. The Hall–Kier alpha value is -0.870. The van der Waals surface area contributed by atoms with Gasteiger partial charge in [-0.15, -0.1) is 0 Å². The van der Waals surface area contributed by atoms with Crippen molar-refractivity contribution in [1.29, 1.82) is 0 Å². The van der Waals surface area contributed by atoms with Crippen molar-refractivity contribution < 1.29 is 14.6 Å². The van der Waals surface area contributed by atoms with Crippen molar-refractivity contribution in [2.75, 3.05) is 6.61 Å². The highest BCUT2D eigenvalue weighted by atomic mass is 79.9. The summed E-state index contributed by atoms with van der Waals surface area (Å²) in [6, 6.07) is 5.89. The Morgan fingerprint density at radius 3 is 2.94 bits per heavy atom. The number of ether oxygens (including phenoxy) is 1. The molecular formula is C12H13BrO3. The second-order valence-electron chi connectivity index (χ2n) is 4.05. The molecule has 3 nitrogen and oxygen atoms in total. The van der Waals surface area contributed by atoms with E-state index in [1.54, 1.807) is 0 Å². The first-order valence-electron chi connectivity index (χ1n) is 5.20. The first-order valence-corrected chi connectivity index (χ1v) is 5.99. The van der Waals surface area contributed by atoms with Crippen LogP contribution in [0.1, 0.15) is 23.7 Å². The van der Waals surface area contributed by atoms with Gasteiger partial charge in [-0.2, -0.15) is 0 Å². The topological polar surface area (TPSA) is 46.5 Å². The number of carboxylic acids is 1. The number of halogens is 1. The van der Waals surface area contributed by atoms with E-state index in [1.165, 1.54) is 0 Å². The molecule has 1 heterocycles. The average Bonchev–Trinajstić information content (AvgIpc) is 2.66. The van der Waals surface area contributed by atoms with Gasteiger partial charge in [0.25, 0.3) is 0 Å². The van der Waals surface area contributed by atoms with Crippen LogP contribution >= 0.6 is 15.9 Å². The van der Waals surface area contributed by atoms with Crippen molar-refractivity contribution in [2.24, 2.45) is 5.92 Å². The normalized spacial score (nSPS) is 24.6. The monoisotopic (exact) mass is 284 g/mol. The summed E-state index contributed by atoms with van der Waals surface area (Å²) in [4.78, 5) is 11.1. The first kappa shape index (κ1) is 11.6. The molecule has 0 spiro atoms. The SMILES string of the molecule is Cc1ccc(C2OCCC2C(=O)O)c(Br)c1. The highest BCUT2D eigenvalue weighted by Crippen LogP contribution is 2.38. The number of aliphatic carboxylic acids is 1. The van der Waals surface area contributed by atoms with Gasteiger partial charge in [-0.25, -0.2) is 0 Å². The first-order chi connectivity index (χ1) is 7.59. The van der Waals surface area contributed by atoms with Crippen molar-refractivity contribution in [3.63, 3.8) is 0 Å². The maximum absolute atomic E-state index is 11.1. The molecule has 1 aliphatic heterocycles. The van der Waals surface area contributed by atoms with Crippen LogP contribution < -0.4 is 0 Å². The standard InChI is InChI=1S/C12H13BrO3/c1-7-2-3-8(10(13)6-7)11-9(12(14)15)4-5-16-11/h2-3,6,9,11H,4-5H2,1H3,(H,14,15). The summed E-state index contributed by atoms with van der Waals surface area (Å²) in [6.45, 7) is 2.51. The van der Waals surface area contributed by atoms with E-state index in [2.05, 4.69) is 15.9 Å². The molecule has 1 saturated heterocycles. The van der Waals surface area contributed by atoms with Gasteiger partial charge in [0, 0.05) is 11.1 Å². The number of benzene rings is 1. The molecule has 16 heavy (non-hydrogen) atoms. The summed E-state index contributed by atoms with van der Waals surface area (Å²) in [5.74, 6) is -1.21. The molecule has 1 aromatic carbocycles. The minimum atomic E-state index is -0.782. The second-order valence-corrected chi connectivity index (χ2v) is 4.90. The summed E-state index contributed by atoms with van der Waals surface area (Å²) in [5.41, 5.74) is 2.07. The molecule has 0 bridgehead atoms.